The first-order chi connectivity index (χ1) is 9.89. The van der Waals surface area contributed by atoms with E-state index in [1.165, 1.54) is 0 Å². The SMILES string of the molecule is CCCC(CC)NS(=O)(=O)c1ccc(CNC(C)C)cc1. The summed E-state index contributed by atoms with van der Waals surface area (Å²) in [6, 6.07) is 7.52. The van der Waals surface area contributed by atoms with Crippen LogP contribution in [0.3, 0.4) is 0 Å². The molecule has 0 heterocycles. The molecule has 0 aromatic heterocycles. The third-order valence-electron chi connectivity index (χ3n) is 3.40. The summed E-state index contributed by atoms with van der Waals surface area (Å²) in [6.45, 7) is 8.98. The molecule has 0 bridgehead atoms. The molecule has 0 saturated carbocycles. The van der Waals surface area contributed by atoms with Gasteiger partial charge in [0.25, 0.3) is 0 Å². The summed E-state index contributed by atoms with van der Waals surface area (Å²) in [7, 11) is -3.41. The third-order valence-corrected chi connectivity index (χ3v) is 4.94. The fourth-order valence-corrected chi connectivity index (χ4v) is 3.44. The summed E-state index contributed by atoms with van der Waals surface area (Å²) in [5.41, 5.74) is 1.09. The second kappa shape index (κ2) is 8.51. The van der Waals surface area contributed by atoms with Crippen molar-refractivity contribution in [3.8, 4) is 0 Å². The van der Waals surface area contributed by atoms with Gasteiger partial charge < -0.3 is 5.32 Å². The van der Waals surface area contributed by atoms with E-state index in [-0.39, 0.29) is 6.04 Å². The molecule has 1 aromatic rings. The van der Waals surface area contributed by atoms with Crippen LogP contribution < -0.4 is 10.0 Å². The zero-order valence-electron chi connectivity index (χ0n) is 13.5. The fourth-order valence-electron chi connectivity index (χ4n) is 2.09. The molecule has 0 radical (unpaired) electrons. The van der Waals surface area contributed by atoms with Crippen molar-refractivity contribution in [3.05, 3.63) is 29.8 Å². The number of rotatable bonds is 9. The Kier molecular flexibility index (Phi) is 7.35. The molecule has 1 aromatic carbocycles. The molecule has 1 unspecified atom stereocenters. The molecule has 1 atom stereocenters. The highest BCUT2D eigenvalue weighted by Crippen LogP contribution is 2.13. The van der Waals surface area contributed by atoms with Crippen LogP contribution >= 0.6 is 0 Å². The van der Waals surface area contributed by atoms with Crippen LogP contribution in [0.2, 0.25) is 0 Å². The van der Waals surface area contributed by atoms with Crippen LogP contribution in [0, 0.1) is 0 Å². The van der Waals surface area contributed by atoms with Gasteiger partial charge in [-0.1, -0.05) is 46.2 Å². The van der Waals surface area contributed by atoms with Crippen LogP contribution in [0.1, 0.15) is 52.5 Å². The molecule has 0 spiro atoms. The highest BCUT2D eigenvalue weighted by atomic mass is 32.2. The molecule has 0 aliphatic heterocycles. The van der Waals surface area contributed by atoms with Gasteiger partial charge in [-0.3, -0.25) is 0 Å². The summed E-state index contributed by atoms with van der Waals surface area (Å²) >= 11 is 0. The highest BCUT2D eigenvalue weighted by Gasteiger charge is 2.18. The zero-order valence-corrected chi connectivity index (χ0v) is 14.3. The largest absolute Gasteiger partial charge is 0.310 e. The quantitative estimate of drug-likeness (QED) is 0.737. The van der Waals surface area contributed by atoms with Crippen LogP contribution in [0.4, 0.5) is 0 Å². The Labute approximate surface area is 129 Å². The third kappa shape index (κ3) is 6.16. The van der Waals surface area contributed by atoms with Crippen molar-refractivity contribution in [2.75, 3.05) is 0 Å². The Morgan fingerprint density at radius 2 is 1.71 bits per heavy atom. The fraction of sp³-hybridized carbons (Fsp3) is 0.625. The Balaban J connectivity index is 2.75. The lowest BCUT2D eigenvalue weighted by Crippen LogP contribution is -2.34. The van der Waals surface area contributed by atoms with Gasteiger partial charge in [0.1, 0.15) is 0 Å². The second-order valence-electron chi connectivity index (χ2n) is 5.69. The van der Waals surface area contributed by atoms with Crippen LogP contribution in [0.15, 0.2) is 29.2 Å². The molecule has 0 fully saturated rings. The predicted octanol–water partition coefficient (Wildman–Crippen LogP) is 3.04. The molecule has 4 nitrogen and oxygen atoms in total. The molecular weight excluding hydrogens is 284 g/mol. The Bertz CT molecular complexity index is 510. The Morgan fingerprint density at radius 1 is 1.10 bits per heavy atom. The van der Waals surface area contributed by atoms with Gasteiger partial charge in [-0.05, 0) is 30.5 Å². The van der Waals surface area contributed by atoms with Crippen LogP contribution in [0.5, 0.6) is 0 Å². The van der Waals surface area contributed by atoms with Crippen molar-refractivity contribution in [1.82, 2.24) is 10.0 Å². The Morgan fingerprint density at radius 3 is 2.19 bits per heavy atom. The van der Waals surface area contributed by atoms with E-state index in [0.717, 1.165) is 31.4 Å². The molecule has 1 rings (SSSR count). The van der Waals surface area contributed by atoms with E-state index in [1.54, 1.807) is 12.1 Å². The van der Waals surface area contributed by atoms with Crippen molar-refractivity contribution in [3.63, 3.8) is 0 Å². The van der Waals surface area contributed by atoms with E-state index in [4.69, 9.17) is 0 Å². The summed E-state index contributed by atoms with van der Waals surface area (Å²) < 4.78 is 27.4. The van der Waals surface area contributed by atoms with Crippen molar-refractivity contribution < 1.29 is 8.42 Å². The van der Waals surface area contributed by atoms with E-state index in [0.29, 0.717) is 10.9 Å². The maximum atomic E-state index is 12.3. The van der Waals surface area contributed by atoms with Gasteiger partial charge in [0.15, 0.2) is 0 Å². The van der Waals surface area contributed by atoms with Gasteiger partial charge >= 0.3 is 0 Å². The summed E-state index contributed by atoms with van der Waals surface area (Å²) in [5.74, 6) is 0. The molecule has 120 valence electrons. The monoisotopic (exact) mass is 312 g/mol. The van der Waals surface area contributed by atoms with Crippen molar-refractivity contribution in [2.24, 2.45) is 0 Å². The maximum absolute atomic E-state index is 12.3. The van der Waals surface area contributed by atoms with Crippen molar-refractivity contribution in [1.29, 1.82) is 0 Å². The minimum atomic E-state index is -3.41. The van der Waals surface area contributed by atoms with E-state index < -0.39 is 10.0 Å². The standard InChI is InChI=1S/C16H28N2O2S/c1-5-7-15(6-2)18-21(19,20)16-10-8-14(9-11-16)12-17-13(3)4/h8-11,13,15,17-18H,5-7,12H2,1-4H3. The summed E-state index contributed by atoms with van der Waals surface area (Å²) in [5, 5.41) is 3.31. The van der Waals surface area contributed by atoms with Gasteiger partial charge in [-0.15, -0.1) is 0 Å². The van der Waals surface area contributed by atoms with Crippen LogP contribution in [-0.2, 0) is 16.6 Å². The first kappa shape index (κ1) is 18.1. The average molecular weight is 312 g/mol. The van der Waals surface area contributed by atoms with Gasteiger partial charge in [-0.2, -0.15) is 0 Å². The lowest BCUT2D eigenvalue weighted by Gasteiger charge is -2.16. The van der Waals surface area contributed by atoms with E-state index >= 15 is 0 Å². The lowest BCUT2D eigenvalue weighted by molar-refractivity contribution is 0.512. The topological polar surface area (TPSA) is 58.2 Å². The Hall–Kier alpha value is -0.910. The van der Waals surface area contributed by atoms with Gasteiger partial charge in [0, 0.05) is 18.6 Å². The normalized spacial score (nSPS) is 13.6. The van der Waals surface area contributed by atoms with Crippen LogP contribution in [-0.4, -0.2) is 20.5 Å². The van der Waals surface area contributed by atoms with E-state index in [2.05, 4.69) is 30.8 Å². The number of nitrogens with one attached hydrogen (secondary N) is 2. The maximum Gasteiger partial charge on any atom is 0.240 e. The number of hydrogen-bond donors (Lipinski definition) is 2. The lowest BCUT2D eigenvalue weighted by atomic mass is 10.1. The summed E-state index contributed by atoms with van der Waals surface area (Å²) in [4.78, 5) is 0.338. The molecule has 0 aliphatic rings. The molecule has 0 aliphatic carbocycles. The van der Waals surface area contributed by atoms with Gasteiger partial charge in [0.05, 0.1) is 4.90 Å². The molecule has 0 saturated heterocycles. The molecular formula is C16H28N2O2S. The minimum Gasteiger partial charge on any atom is -0.310 e. The highest BCUT2D eigenvalue weighted by molar-refractivity contribution is 7.89. The number of hydrogen-bond acceptors (Lipinski definition) is 3. The molecule has 21 heavy (non-hydrogen) atoms. The average Bonchev–Trinajstić information content (AvgIpc) is 2.45. The predicted molar refractivity (Wildman–Crippen MR) is 87.7 cm³/mol. The second-order valence-corrected chi connectivity index (χ2v) is 7.41. The van der Waals surface area contributed by atoms with Crippen molar-refractivity contribution in [2.45, 2.75) is 70.5 Å². The summed E-state index contributed by atoms with van der Waals surface area (Å²) in [6.07, 6.45) is 2.65. The smallest absolute Gasteiger partial charge is 0.240 e. The first-order valence-electron chi connectivity index (χ1n) is 7.73. The zero-order chi connectivity index (χ0) is 15.9. The minimum absolute atomic E-state index is 0.0160. The molecule has 0 amide bonds. The van der Waals surface area contributed by atoms with Gasteiger partial charge in [0.2, 0.25) is 10.0 Å². The van der Waals surface area contributed by atoms with Gasteiger partial charge in [-0.25, -0.2) is 13.1 Å². The number of benzene rings is 1. The molecule has 2 N–H and O–H groups in total. The van der Waals surface area contributed by atoms with Crippen molar-refractivity contribution >= 4 is 10.0 Å². The number of sulfonamides is 1. The van der Waals surface area contributed by atoms with E-state index in [9.17, 15) is 8.42 Å². The van der Waals surface area contributed by atoms with E-state index in [1.807, 2.05) is 19.1 Å². The van der Waals surface area contributed by atoms with Crippen LogP contribution in [0.25, 0.3) is 0 Å². The first-order valence-corrected chi connectivity index (χ1v) is 9.22. The molecule has 5 heteroatoms.